The second kappa shape index (κ2) is 6.12. The van der Waals surface area contributed by atoms with Crippen LogP contribution in [0.3, 0.4) is 0 Å². The average Bonchev–Trinajstić information content (AvgIpc) is 2.75. The first-order valence-electron chi connectivity index (χ1n) is 6.52. The Kier molecular flexibility index (Phi) is 4.60. The van der Waals surface area contributed by atoms with Crippen molar-refractivity contribution in [1.29, 1.82) is 0 Å². The molecule has 1 N–H and O–H groups in total. The van der Waals surface area contributed by atoms with Gasteiger partial charge in [-0.2, -0.15) is 13.2 Å². The van der Waals surface area contributed by atoms with E-state index in [4.69, 9.17) is 0 Å². The molecule has 1 fully saturated rings. The van der Waals surface area contributed by atoms with Gasteiger partial charge in [-0.3, -0.25) is 4.79 Å². The van der Waals surface area contributed by atoms with Gasteiger partial charge in [-0.15, -0.1) is 0 Å². The van der Waals surface area contributed by atoms with Gasteiger partial charge in [0.05, 0.1) is 17.1 Å². The molecule has 0 aromatic heterocycles. The van der Waals surface area contributed by atoms with Crippen molar-refractivity contribution in [2.45, 2.75) is 18.6 Å². The molecule has 2 rings (SSSR count). The Bertz CT molecular complexity index is 696. The lowest BCUT2D eigenvalue weighted by molar-refractivity contribution is -0.137. The number of carbonyl (C=O) groups is 1. The monoisotopic (exact) mass is 333 g/mol. The minimum absolute atomic E-state index is 0.0370. The van der Waals surface area contributed by atoms with Crippen LogP contribution in [0.5, 0.6) is 0 Å². The smallest absolute Gasteiger partial charge is 0.349 e. The molecule has 120 valence electrons. The van der Waals surface area contributed by atoms with Crippen molar-refractivity contribution in [3.63, 3.8) is 0 Å². The Morgan fingerprint density at radius 2 is 2.05 bits per heavy atom. The SMILES string of the molecule is O=C(C=Cc1cccc(C(F)(F)F)c1)NC1CCS(=O)(=O)C1. The van der Waals surface area contributed by atoms with Crippen LogP contribution in [-0.2, 0) is 20.8 Å². The van der Waals surface area contributed by atoms with Crippen LogP contribution in [0.25, 0.3) is 6.08 Å². The van der Waals surface area contributed by atoms with Crippen molar-refractivity contribution in [3.8, 4) is 0 Å². The highest BCUT2D eigenvalue weighted by Gasteiger charge is 2.30. The summed E-state index contributed by atoms with van der Waals surface area (Å²) in [5.74, 6) is -0.592. The van der Waals surface area contributed by atoms with E-state index in [0.717, 1.165) is 18.2 Å². The minimum Gasteiger partial charge on any atom is -0.349 e. The fourth-order valence-electron chi connectivity index (χ4n) is 2.15. The number of amides is 1. The van der Waals surface area contributed by atoms with Gasteiger partial charge in [-0.25, -0.2) is 8.42 Å². The number of carbonyl (C=O) groups excluding carboxylic acids is 1. The number of halogens is 3. The van der Waals surface area contributed by atoms with Crippen molar-refractivity contribution in [2.75, 3.05) is 11.5 Å². The number of rotatable bonds is 3. The molecule has 1 heterocycles. The number of sulfone groups is 1. The van der Waals surface area contributed by atoms with Crippen LogP contribution in [0, 0.1) is 0 Å². The van der Waals surface area contributed by atoms with Crippen molar-refractivity contribution in [1.82, 2.24) is 5.32 Å². The molecule has 1 unspecified atom stereocenters. The van der Waals surface area contributed by atoms with E-state index in [1.165, 1.54) is 18.2 Å². The van der Waals surface area contributed by atoms with E-state index in [1.54, 1.807) is 0 Å². The summed E-state index contributed by atoms with van der Waals surface area (Å²) in [6.07, 6.45) is -1.73. The molecule has 1 aromatic rings. The van der Waals surface area contributed by atoms with E-state index in [-0.39, 0.29) is 17.1 Å². The van der Waals surface area contributed by atoms with E-state index in [0.29, 0.717) is 6.42 Å². The van der Waals surface area contributed by atoms with E-state index < -0.39 is 33.5 Å². The van der Waals surface area contributed by atoms with Crippen LogP contribution < -0.4 is 5.32 Å². The lowest BCUT2D eigenvalue weighted by atomic mass is 10.1. The largest absolute Gasteiger partial charge is 0.416 e. The Morgan fingerprint density at radius 3 is 2.64 bits per heavy atom. The van der Waals surface area contributed by atoms with Crippen LogP contribution in [0.15, 0.2) is 30.3 Å². The summed E-state index contributed by atoms with van der Waals surface area (Å²) in [7, 11) is -3.09. The van der Waals surface area contributed by atoms with Gasteiger partial charge in [-0.1, -0.05) is 12.1 Å². The van der Waals surface area contributed by atoms with Gasteiger partial charge < -0.3 is 5.32 Å². The average molecular weight is 333 g/mol. The first kappa shape index (κ1) is 16.5. The van der Waals surface area contributed by atoms with Crippen LogP contribution in [0.4, 0.5) is 13.2 Å². The Morgan fingerprint density at radius 1 is 1.32 bits per heavy atom. The first-order chi connectivity index (χ1) is 10.2. The second-order valence-corrected chi connectivity index (χ2v) is 7.29. The van der Waals surface area contributed by atoms with Crippen LogP contribution in [0.2, 0.25) is 0 Å². The summed E-state index contributed by atoms with van der Waals surface area (Å²) in [5, 5.41) is 2.52. The summed E-state index contributed by atoms with van der Waals surface area (Å²) in [6, 6.07) is 4.14. The van der Waals surface area contributed by atoms with Gasteiger partial charge in [0.25, 0.3) is 0 Å². The predicted octanol–water partition coefficient (Wildman–Crippen LogP) is 2.02. The highest BCUT2D eigenvalue weighted by atomic mass is 32.2. The molecular weight excluding hydrogens is 319 g/mol. The molecule has 8 heteroatoms. The third-order valence-corrected chi connectivity index (χ3v) is 4.99. The third-order valence-electron chi connectivity index (χ3n) is 3.22. The molecule has 4 nitrogen and oxygen atoms in total. The lowest BCUT2D eigenvalue weighted by Crippen LogP contribution is -2.34. The summed E-state index contributed by atoms with van der Waals surface area (Å²) in [4.78, 5) is 11.7. The molecule has 0 aliphatic carbocycles. The van der Waals surface area contributed by atoms with Crippen molar-refractivity contribution in [3.05, 3.63) is 41.5 Å². The van der Waals surface area contributed by atoms with E-state index in [9.17, 15) is 26.4 Å². The van der Waals surface area contributed by atoms with Crippen molar-refractivity contribution in [2.24, 2.45) is 0 Å². The number of hydrogen-bond donors (Lipinski definition) is 1. The van der Waals surface area contributed by atoms with Gasteiger partial charge in [0.1, 0.15) is 0 Å². The van der Waals surface area contributed by atoms with Crippen molar-refractivity contribution >= 4 is 21.8 Å². The van der Waals surface area contributed by atoms with Crippen molar-refractivity contribution < 1.29 is 26.4 Å². The van der Waals surface area contributed by atoms with Gasteiger partial charge >= 0.3 is 6.18 Å². The molecule has 1 saturated heterocycles. The number of nitrogens with one attached hydrogen (secondary N) is 1. The second-order valence-electron chi connectivity index (χ2n) is 5.07. The molecule has 1 aromatic carbocycles. The highest BCUT2D eigenvalue weighted by molar-refractivity contribution is 7.91. The minimum atomic E-state index is -4.44. The molecule has 0 saturated carbocycles. The summed E-state index contributed by atoms with van der Waals surface area (Å²) < 4.78 is 60.2. The topological polar surface area (TPSA) is 63.2 Å². The van der Waals surface area contributed by atoms with Crippen LogP contribution >= 0.6 is 0 Å². The summed E-state index contributed by atoms with van der Waals surface area (Å²) in [6.45, 7) is 0. The zero-order valence-corrected chi connectivity index (χ0v) is 12.2. The molecule has 1 atom stereocenters. The highest BCUT2D eigenvalue weighted by Crippen LogP contribution is 2.29. The predicted molar refractivity (Wildman–Crippen MR) is 75.7 cm³/mol. The zero-order chi connectivity index (χ0) is 16.4. The molecule has 22 heavy (non-hydrogen) atoms. The molecule has 0 radical (unpaired) electrons. The van der Waals surface area contributed by atoms with E-state index in [1.807, 2.05) is 0 Å². The summed E-state index contributed by atoms with van der Waals surface area (Å²) >= 11 is 0. The number of hydrogen-bond acceptors (Lipinski definition) is 3. The standard InChI is InChI=1S/C14H14F3NO3S/c15-14(16,17)11-3-1-2-10(8-11)4-5-13(19)18-12-6-7-22(20,21)9-12/h1-5,8,12H,6-7,9H2,(H,18,19). The molecule has 0 spiro atoms. The van der Waals surface area contributed by atoms with E-state index in [2.05, 4.69) is 5.32 Å². The number of alkyl halides is 3. The Hall–Kier alpha value is -1.83. The Balaban J connectivity index is 1.98. The van der Waals surface area contributed by atoms with Gasteiger partial charge in [0.2, 0.25) is 5.91 Å². The normalized spacial score (nSPS) is 21.1. The fraction of sp³-hybridized carbons (Fsp3) is 0.357. The van der Waals surface area contributed by atoms with E-state index >= 15 is 0 Å². The first-order valence-corrected chi connectivity index (χ1v) is 8.34. The molecule has 0 bridgehead atoms. The molecular formula is C14H14F3NO3S. The Labute approximate surface area is 125 Å². The molecule has 1 amide bonds. The number of benzene rings is 1. The van der Waals surface area contributed by atoms with Crippen LogP contribution in [0.1, 0.15) is 17.5 Å². The lowest BCUT2D eigenvalue weighted by Gasteiger charge is -2.08. The third kappa shape index (κ3) is 4.59. The van der Waals surface area contributed by atoms with Gasteiger partial charge in [-0.05, 0) is 30.2 Å². The van der Waals surface area contributed by atoms with Gasteiger partial charge in [0.15, 0.2) is 9.84 Å². The maximum atomic E-state index is 12.5. The molecule has 1 aliphatic heterocycles. The fourth-order valence-corrected chi connectivity index (χ4v) is 3.82. The quantitative estimate of drug-likeness (QED) is 0.861. The maximum absolute atomic E-state index is 12.5. The van der Waals surface area contributed by atoms with Gasteiger partial charge in [0, 0.05) is 12.1 Å². The van der Waals surface area contributed by atoms with Crippen LogP contribution in [-0.4, -0.2) is 31.9 Å². The zero-order valence-electron chi connectivity index (χ0n) is 11.4. The molecule has 1 aliphatic rings. The maximum Gasteiger partial charge on any atom is 0.416 e. The summed E-state index contributed by atoms with van der Waals surface area (Å²) in [5.41, 5.74) is -0.555.